The largest absolute Gasteiger partial charge is 0.458 e. The van der Waals surface area contributed by atoms with Gasteiger partial charge in [0.25, 0.3) is 0 Å². The van der Waals surface area contributed by atoms with Gasteiger partial charge in [0.15, 0.2) is 6.10 Å². The average Bonchev–Trinajstić information content (AvgIpc) is 2.67. The number of hydrogen-bond acceptors (Lipinski definition) is 6. The fourth-order valence-corrected chi connectivity index (χ4v) is 2.45. The van der Waals surface area contributed by atoms with Crippen LogP contribution in [0.5, 0.6) is 0 Å². The van der Waals surface area contributed by atoms with Crippen LogP contribution in [0.4, 0.5) is 0 Å². The van der Waals surface area contributed by atoms with Crippen LogP contribution in [-0.2, 0) is 35.2 Å². The molecule has 2 aromatic carbocycles. The number of methoxy groups -OCH3 is 1. The molecule has 3 radical (unpaired) electrons. The van der Waals surface area contributed by atoms with Gasteiger partial charge in [-0.05, 0) is 18.1 Å². The van der Waals surface area contributed by atoms with E-state index in [-0.39, 0.29) is 27.2 Å². The topological polar surface area (TPSA) is 78.9 Å². The minimum Gasteiger partial charge on any atom is -0.458 e. The SMILES string of the molecule is COC(C(=O)OC(CC(C)=O)C(=O)OCc1ccccc1)c1ccccc1.[B]. The molecule has 0 fully saturated rings. The maximum absolute atomic E-state index is 12.5. The van der Waals surface area contributed by atoms with Gasteiger partial charge in [0, 0.05) is 15.5 Å². The van der Waals surface area contributed by atoms with Gasteiger partial charge in [-0.15, -0.1) is 0 Å². The van der Waals surface area contributed by atoms with Gasteiger partial charge in [0.2, 0.25) is 6.10 Å². The van der Waals surface area contributed by atoms with Crippen LogP contribution in [0.3, 0.4) is 0 Å². The molecule has 0 saturated carbocycles. The monoisotopic (exact) mass is 381 g/mol. The highest BCUT2D eigenvalue weighted by Gasteiger charge is 2.30. The zero-order valence-corrected chi connectivity index (χ0v) is 15.9. The van der Waals surface area contributed by atoms with Crippen molar-refractivity contribution in [3.8, 4) is 0 Å². The Morgan fingerprint density at radius 2 is 1.46 bits per heavy atom. The van der Waals surface area contributed by atoms with E-state index < -0.39 is 24.1 Å². The summed E-state index contributed by atoms with van der Waals surface area (Å²) in [5.41, 5.74) is 1.38. The lowest BCUT2D eigenvalue weighted by Gasteiger charge is -2.20. The summed E-state index contributed by atoms with van der Waals surface area (Å²) in [5.74, 6) is -1.82. The molecule has 0 bridgehead atoms. The Kier molecular flexibility index (Phi) is 9.67. The van der Waals surface area contributed by atoms with E-state index in [1.54, 1.807) is 42.5 Å². The number of hydrogen-bond donors (Lipinski definition) is 0. The van der Waals surface area contributed by atoms with Crippen LogP contribution in [0.2, 0.25) is 0 Å². The third kappa shape index (κ3) is 7.00. The van der Waals surface area contributed by atoms with E-state index in [0.29, 0.717) is 5.56 Å². The summed E-state index contributed by atoms with van der Waals surface area (Å²) in [6.45, 7) is 1.34. The highest BCUT2D eigenvalue weighted by Crippen LogP contribution is 2.20. The second-order valence-corrected chi connectivity index (χ2v) is 5.95. The van der Waals surface area contributed by atoms with Crippen molar-refractivity contribution >= 4 is 26.1 Å². The highest BCUT2D eigenvalue weighted by molar-refractivity contribution is 5.87. The first-order chi connectivity index (χ1) is 13.0. The lowest BCUT2D eigenvalue weighted by atomic mass is 10.1. The number of benzene rings is 2. The van der Waals surface area contributed by atoms with Gasteiger partial charge in [-0.2, -0.15) is 0 Å². The van der Waals surface area contributed by atoms with Crippen LogP contribution < -0.4 is 0 Å². The van der Waals surface area contributed by atoms with Gasteiger partial charge in [0.1, 0.15) is 12.4 Å². The van der Waals surface area contributed by atoms with Crippen molar-refractivity contribution < 1.29 is 28.6 Å². The fourth-order valence-electron chi connectivity index (χ4n) is 2.45. The molecule has 0 heterocycles. The quantitative estimate of drug-likeness (QED) is 0.491. The molecule has 0 amide bonds. The highest BCUT2D eigenvalue weighted by atomic mass is 16.6. The number of esters is 2. The second kappa shape index (κ2) is 11.7. The standard InChI is InChI=1S/C21H22O6.B/c1-15(22)13-18(20(23)26-14-16-9-5-3-6-10-16)27-21(24)19(25-2)17-11-7-4-8-12-17;/h3-12,18-19H,13-14H2,1-2H3;. The first kappa shape index (κ1) is 23.1. The van der Waals surface area contributed by atoms with Gasteiger partial charge in [-0.1, -0.05) is 60.7 Å². The summed E-state index contributed by atoms with van der Waals surface area (Å²) in [6.07, 6.45) is -2.58. The van der Waals surface area contributed by atoms with Gasteiger partial charge in [-0.3, -0.25) is 4.79 Å². The van der Waals surface area contributed by atoms with E-state index in [2.05, 4.69) is 0 Å². The molecule has 6 nitrogen and oxygen atoms in total. The number of Topliss-reactive ketones (excluding diaryl/α,β-unsaturated/α-hetero) is 1. The Hall–Kier alpha value is -2.93. The molecule has 2 unspecified atom stereocenters. The molecular formula is C21H22BO6. The van der Waals surface area contributed by atoms with Crippen molar-refractivity contribution in [1.29, 1.82) is 0 Å². The van der Waals surface area contributed by atoms with E-state index in [0.717, 1.165) is 5.56 Å². The lowest BCUT2D eigenvalue weighted by Crippen LogP contribution is -2.33. The van der Waals surface area contributed by atoms with Crippen LogP contribution in [-0.4, -0.2) is 39.3 Å². The molecule has 0 saturated heterocycles. The zero-order valence-electron chi connectivity index (χ0n) is 15.9. The summed E-state index contributed by atoms with van der Waals surface area (Å²) in [5, 5.41) is 0. The summed E-state index contributed by atoms with van der Waals surface area (Å²) in [7, 11) is 1.37. The van der Waals surface area contributed by atoms with Crippen molar-refractivity contribution in [3.63, 3.8) is 0 Å². The van der Waals surface area contributed by atoms with E-state index in [1.165, 1.54) is 14.0 Å². The lowest BCUT2D eigenvalue weighted by molar-refractivity contribution is -0.176. The minimum atomic E-state index is -1.32. The molecule has 145 valence electrons. The molecule has 0 spiro atoms. The van der Waals surface area contributed by atoms with Gasteiger partial charge >= 0.3 is 11.9 Å². The summed E-state index contributed by atoms with van der Waals surface area (Å²) < 4.78 is 15.7. The maximum atomic E-state index is 12.5. The van der Waals surface area contributed by atoms with Gasteiger partial charge in [0.05, 0.1) is 6.42 Å². The number of rotatable bonds is 9. The van der Waals surface area contributed by atoms with Crippen LogP contribution >= 0.6 is 0 Å². The summed E-state index contributed by atoms with van der Waals surface area (Å²) in [4.78, 5) is 36.3. The number of ether oxygens (including phenoxy) is 3. The van der Waals surface area contributed by atoms with Crippen molar-refractivity contribution in [2.45, 2.75) is 32.2 Å². The molecular weight excluding hydrogens is 359 g/mol. The number of carbonyl (C=O) groups excluding carboxylic acids is 3. The molecule has 0 aromatic heterocycles. The third-order valence-corrected chi connectivity index (χ3v) is 3.77. The average molecular weight is 381 g/mol. The fraction of sp³-hybridized carbons (Fsp3) is 0.286. The molecule has 2 aromatic rings. The Bertz CT molecular complexity index is 763. The Morgan fingerprint density at radius 1 is 0.893 bits per heavy atom. The first-order valence-electron chi connectivity index (χ1n) is 8.49. The van der Waals surface area contributed by atoms with Crippen molar-refractivity contribution in [3.05, 3.63) is 71.8 Å². The summed E-state index contributed by atoms with van der Waals surface area (Å²) >= 11 is 0. The molecule has 2 rings (SSSR count). The molecule has 28 heavy (non-hydrogen) atoms. The Balaban J connectivity index is 0.00000392. The predicted octanol–water partition coefficient (Wildman–Crippen LogP) is 2.63. The van der Waals surface area contributed by atoms with Crippen LogP contribution in [0.25, 0.3) is 0 Å². The van der Waals surface area contributed by atoms with Crippen molar-refractivity contribution in [1.82, 2.24) is 0 Å². The molecule has 0 aliphatic rings. The van der Waals surface area contributed by atoms with E-state index in [1.807, 2.05) is 18.2 Å². The van der Waals surface area contributed by atoms with Crippen LogP contribution in [0, 0.1) is 0 Å². The molecule has 0 aliphatic heterocycles. The van der Waals surface area contributed by atoms with Crippen molar-refractivity contribution in [2.24, 2.45) is 0 Å². The first-order valence-corrected chi connectivity index (χ1v) is 8.49. The molecule has 7 heteroatoms. The maximum Gasteiger partial charge on any atom is 0.348 e. The Morgan fingerprint density at radius 3 is 2.00 bits per heavy atom. The van der Waals surface area contributed by atoms with Crippen molar-refractivity contribution in [2.75, 3.05) is 7.11 Å². The normalized spacial score (nSPS) is 12.2. The van der Waals surface area contributed by atoms with Crippen LogP contribution in [0.1, 0.15) is 30.6 Å². The predicted molar refractivity (Wildman–Crippen MR) is 103 cm³/mol. The molecule has 2 atom stereocenters. The summed E-state index contributed by atoms with van der Waals surface area (Å²) in [6, 6.07) is 17.8. The van der Waals surface area contributed by atoms with Crippen LogP contribution in [0.15, 0.2) is 60.7 Å². The molecule has 0 N–H and O–H groups in total. The minimum absolute atomic E-state index is 0. The smallest absolute Gasteiger partial charge is 0.348 e. The Labute approximate surface area is 166 Å². The second-order valence-electron chi connectivity index (χ2n) is 5.95. The van der Waals surface area contributed by atoms with Gasteiger partial charge < -0.3 is 14.2 Å². The van der Waals surface area contributed by atoms with Gasteiger partial charge in [-0.25, -0.2) is 9.59 Å². The number of ketones is 1. The van der Waals surface area contributed by atoms with E-state index in [4.69, 9.17) is 14.2 Å². The number of carbonyl (C=O) groups is 3. The van der Waals surface area contributed by atoms with E-state index >= 15 is 0 Å². The molecule has 0 aliphatic carbocycles. The van der Waals surface area contributed by atoms with E-state index in [9.17, 15) is 14.4 Å². The third-order valence-electron chi connectivity index (χ3n) is 3.77. The zero-order chi connectivity index (χ0) is 19.6.